The van der Waals surface area contributed by atoms with Crippen LogP contribution in [0.4, 0.5) is 0 Å². The van der Waals surface area contributed by atoms with Crippen LogP contribution in [0.25, 0.3) is 0 Å². The Balaban J connectivity index is 2.11. The predicted molar refractivity (Wildman–Crippen MR) is 88.0 cm³/mol. The molecule has 20 heavy (non-hydrogen) atoms. The van der Waals surface area contributed by atoms with Crippen LogP contribution in [0.5, 0.6) is 5.75 Å². The molecule has 0 N–H and O–H groups in total. The fourth-order valence-corrected chi connectivity index (χ4v) is 2.50. The Bertz CT molecular complexity index is 613. The molecule has 0 radical (unpaired) electrons. The normalized spacial score (nSPS) is 10.2. The molecule has 4 heteroatoms. The van der Waals surface area contributed by atoms with Gasteiger partial charge in [-0.2, -0.15) is 0 Å². The third kappa shape index (κ3) is 3.72. The van der Waals surface area contributed by atoms with Gasteiger partial charge in [-0.15, -0.1) is 0 Å². The van der Waals surface area contributed by atoms with Crippen LogP contribution in [0.3, 0.4) is 0 Å². The molecule has 0 fully saturated rings. The summed E-state index contributed by atoms with van der Waals surface area (Å²) in [5, 5.41) is 0. The molecule has 2 aromatic rings. The van der Waals surface area contributed by atoms with Crippen molar-refractivity contribution in [1.82, 2.24) is 4.90 Å². The van der Waals surface area contributed by atoms with Crippen molar-refractivity contribution in [3.63, 3.8) is 0 Å². The summed E-state index contributed by atoms with van der Waals surface area (Å²) in [7, 11) is 3.45. The third-order valence-electron chi connectivity index (χ3n) is 2.97. The number of halogens is 1. The van der Waals surface area contributed by atoms with Gasteiger partial charge in [-0.1, -0.05) is 18.2 Å². The van der Waals surface area contributed by atoms with E-state index >= 15 is 0 Å². The highest BCUT2D eigenvalue weighted by molar-refractivity contribution is 14.1. The number of rotatable bonds is 4. The number of amides is 1. The smallest absolute Gasteiger partial charge is 0.253 e. The Morgan fingerprint density at radius 2 is 1.95 bits per heavy atom. The third-order valence-corrected chi connectivity index (χ3v) is 3.64. The number of benzene rings is 2. The van der Waals surface area contributed by atoms with Crippen LogP contribution < -0.4 is 4.74 Å². The number of methoxy groups -OCH3 is 1. The highest BCUT2D eigenvalue weighted by Crippen LogP contribution is 2.15. The van der Waals surface area contributed by atoms with Crippen LogP contribution >= 0.6 is 22.6 Å². The van der Waals surface area contributed by atoms with Crippen molar-refractivity contribution < 1.29 is 9.53 Å². The van der Waals surface area contributed by atoms with Crippen LogP contribution in [0.1, 0.15) is 15.9 Å². The van der Waals surface area contributed by atoms with E-state index in [0.717, 1.165) is 14.9 Å². The molecule has 0 saturated carbocycles. The van der Waals surface area contributed by atoms with Crippen molar-refractivity contribution >= 4 is 28.5 Å². The SMILES string of the molecule is COc1cccc(CN(C)C(=O)c2cccc(I)c2)c1. The largest absolute Gasteiger partial charge is 0.497 e. The summed E-state index contributed by atoms with van der Waals surface area (Å²) >= 11 is 2.21. The topological polar surface area (TPSA) is 29.5 Å². The van der Waals surface area contributed by atoms with E-state index < -0.39 is 0 Å². The van der Waals surface area contributed by atoms with Crippen LogP contribution in [0.15, 0.2) is 48.5 Å². The summed E-state index contributed by atoms with van der Waals surface area (Å²) in [6.45, 7) is 0.557. The molecule has 2 aromatic carbocycles. The molecule has 0 aliphatic carbocycles. The molecule has 0 aliphatic heterocycles. The fourth-order valence-electron chi connectivity index (χ4n) is 1.96. The Hall–Kier alpha value is -1.56. The van der Waals surface area contributed by atoms with Gasteiger partial charge in [0.1, 0.15) is 5.75 Å². The van der Waals surface area contributed by atoms with Crippen LogP contribution in [0.2, 0.25) is 0 Å². The first kappa shape index (κ1) is 14.8. The van der Waals surface area contributed by atoms with Crippen molar-refractivity contribution in [2.45, 2.75) is 6.54 Å². The zero-order valence-electron chi connectivity index (χ0n) is 11.5. The van der Waals surface area contributed by atoms with E-state index in [9.17, 15) is 4.79 Å². The minimum absolute atomic E-state index is 0.0198. The fraction of sp³-hybridized carbons (Fsp3) is 0.188. The molecule has 3 nitrogen and oxygen atoms in total. The van der Waals surface area contributed by atoms with Gasteiger partial charge >= 0.3 is 0 Å². The minimum Gasteiger partial charge on any atom is -0.497 e. The lowest BCUT2D eigenvalue weighted by Gasteiger charge is -2.18. The Kier molecular flexibility index (Phi) is 5.00. The summed E-state index contributed by atoms with van der Waals surface area (Å²) in [6, 6.07) is 15.4. The van der Waals surface area contributed by atoms with E-state index in [-0.39, 0.29) is 5.91 Å². The van der Waals surface area contributed by atoms with Crippen molar-refractivity contribution in [1.29, 1.82) is 0 Å². The molecule has 0 aliphatic rings. The quantitative estimate of drug-likeness (QED) is 0.758. The molecular formula is C16H16INO2. The second kappa shape index (κ2) is 6.74. The lowest BCUT2D eigenvalue weighted by molar-refractivity contribution is 0.0785. The summed E-state index contributed by atoms with van der Waals surface area (Å²) < 4.78 is 6.25. The van der Waals surface area contributed by atoms with Gasteiger partial charge in [0.05, 0.1) is 7.11 Å². The van der Waals surface area contributed by atoms with E-state index in [0.29, 0.717) is 12.1 Å². The Morgan fingerprint density at radius 3 is 2.65 bits per heavy atom. The first-order chi connectivity index (χ1) is 9.60. The number of carbonyl (C=O) groups is 1. The van der Waals surface area contributed by atoms with Crippen molar-refractivity contribution in [2.75, 3.05) is 14.2 Å². The van der Waals surface area contributed by atoms with Crippen LogP contribution in [0, 0.1) is 3.57 Å². The first-order valence-corrected chi connectivity index (χ1v) is 7.32. The molecule has 0 unspecified atom stereocenters. The van der Waals surface area contributed by atoms with Gasteiger partial charge in [-0.3, -0.25) is 4.79 Å². The highest BCUT2D eigenvalue weighted by Gasteiger charge is 2.12. The standard InChI is InChI=1S/C16H16INO2/c1-18(11-12-5-3-8-15(9-12)20-2)16(19)13-6-4-7-14(17)10-13/h3-10H,11H2,1-2H3. The van der Waals surface area contributed by atoms with Gasteiger partial charge in [-0.05, 0) is 58.5 Å². The highest BCUT2D eigenvalue weighted by atomic mass is 127. The minimum atomic E-state index is 0.0198. The van der Waals surface area contributed by atoms with Gasteiger partial charge < -0.3 is 9.64 Å². The maximum absolute atomic E-state index is 12.3. The average molecular weight is 381 g/mol. The van der Waals surface area contributed by atoms with E-state index in [1.807, 2.05) is 55.6 Å². The number of ether oxygens (including phenoxy) is 1. The van der Waals surface area contributed by atoms with E-state index in [1.54, 1.807) is 12.0 Å². The lowest BCUT2D eigenvalue weighted by atomic mass is 10.1. The Morgan fingerprint density at radius 1 is 1.20 bits per heavy atom. The lowest BCUT2D eigenvalue weighted by Crippen LogP contribution is -2.26. The first-order valence-electron chi connectivity index (χ1n) is 6.24. The van der Waals surface area contributed by atoms with E-state index in [2.05, 4.69) is 22.6 Å². The molecule has 0 aromatic heterocycles. The van der Waals surface area contributed by atoms with Gasteiger partial charge in [0.25, 0.3) is 5.91 Å². The molecule has 104 valence electrons. The monoisotopic (exact) mass is 381 g/mol. The summed E-state index contributed by atoms with van der Waals surface area (Å²) in [4.78, 5) is 14.1. The molecule has 0 saturated heterocycles. The molecule has 2 rings (SSSR count). The van der Waals surface area contributed by atoms with Crippen molar-refractivity contribution in [3.8, 4) is 5.75 Å². The predicted octanol–water partition coefficient (Wildman–Crippen LogP) is 3.57. The van der Waals surface area contributed by atoms with Crippen LogP contribution in [-0.2, 0) is 6.54 Å². The number of carbonyl (C=O) groups excluding carboxylic acids is 1. The molecular weight excluding hydrogens is 365 g/mol. The number of hydrogen-bond acceptors (Lipinski definition) is 2. The summed E-state index contributed by atoms with van der Waals surface area (Å²) in [6.07, 6.45) is 0. The van der Waals surface area contributed by atoms with E-state index in [1.165, 1.54) is 0 Å². The summed E-state index contributed by atoms with van der Waals surface area (Å²) in [5.41, 5.74) is 1.76. The second-order valence-corrected chi connectivity index (χ2v) is 5.77. The molecule has 0 atom stereocenters. The Labute approximate surface area is 132 Å². The zero-order valence-corrected chi connectivity index (χ0v) is 13.6. The van der Waals surface area contributed by atoms with Gasteiger partial charge in [0.15, 0.2) is 0 Å². The molecule has 0 spiro atoms. The molecule has 0 heterocycles. The molecule has 1 amide bonds. The average Bonchev–Trinajstić information content (AvgIpc) is 2.46. The van der Waals surface area contributed by atoms with Gasteiger partial charge in [0, 0.05) is 22.7 Å². The number of nitrogens with zero attached hydrogens (tertiary/aromatic N) is 1. The van der Waals surface area contributed by atoms with Gasteiger partial charge in [0.2, 0.25) is 0 Å². The summed E-state index contributed by atoms with van der Waals surface area (Å²) in [5.74, 6) is 0.823. The van der Waals surface area contributed by atoms with Gasteiger partial charge in [-0.25, -0.2) is 0 Å². The van der Waals surface area contributed by atoms with Crippen molar-refractivity contribution in [2.24, 2.45) is 0 Å². The second-order valence-electron chi connectivity index (χ2n) is 4.52. The zero-order chi connectivity index (χ0) is 14.5. The maximum atomic E-state index is 12.3. The van der Waals surface area contributed by atoms with Crippen molar-refractivity contribution in [3.05, 3.63) is 63.2 Å². The van der Waals surface area contributed by atoms with Crippen LogP contribution in [-0.4, -0.2) is 25.0 Å². The van der Waals surface area contributed by atoms with E-state index in [4.69, 9.17) is 4.74 Å². The number of hydrogen-bond donors (Lipinski definition) is 0. The maximum Gasteiger partial charge on any atom is 0.253 e. The molecule has 0 bridgehead atoms.